The number of benzene rings is 1. The first kappa shape index (κ1) is 20.6. The molecule has 2 amide bonds. The highest BCUT2D eigenvalue weighted by molar-refractivity contribution is 5.74. The lowest BCUT2D eigenvalue weighted by molar-refractivity contribution is 0.177. The molecule has 0 saturated carbocycles. The quantitative estimate of drug-likeness (QED) is 0.773. The Kier molecular flexibility index (Phi) is 7.76. The first-order chi connectivity index (χ1) is 12.3. The molecule has 1 aliphatic heterocycles. The Morgan fingerprint density at radius 3 is 2.27 bits per heavy atom. The number of ether oxygens (including phenoxy) is 1. The van der Waals surface area contributed by atoms with Crippen molar-refractivity contribution in [1.29, 1.82) is 0 Å². The van der Waals surface area contributed by atoms with Crippen LogP contribution in [-0.4, -0.2) is 42.7 Å². The van der Waals surface area contributed by atoms with Crippen molar-refractivity contribution in [1.82, 2.24) is 15.5 Å². The molecule has 1 aromatic rings. The van der Waals surface area contributed by atoms with E-state index in [9.17, 15) is 4.79 Å². The maximum atomic E-state index is 12.3. The largest absolute Gasteiger partial charge is 0.491 e. The van der Waals surface area contributed by atoms with Crippen LogP contribution in [0.2, 0.25) is 0 Å². The summed E-state index contributed by atoms with van der Waals surface area (Å²) < 4.78 is 5.66. The van der Waals surface area contributed by atoms with Crippen LogP contribution in [-0.2, 0) is 0 Å². The van der Waals surface area contributed by atoms with Crippen molar-refractivity contribution in [3.05, 3.63) is 29.8 Å². The molecule has 1 saturated heterocycles. The van der Waals surface area contributed by atoms with Crippen molar-refractivity contribution in [3.63, 3.8) is 0 Å². The average molecular weight is 362 g/mol. The highest BCUT2D eigenvalue weighted by atomic mass is 16.5. The lowest BCUT2D eigenvalue weighted by atomic mass is 10.0. The summed E-state index contributed by atoms with van der Waals surface area (Å²) in [5, 5.41) is 6.17. The third-order valence-electron chi connectivity index (χ3n) is 4.65. The molecule has 2 rings (SSSR count). The number of nitrogens with one attached hydrogen (secondary N) is 2. The normalized spacial score (nSPS) is 17.3. The smallest absolute Gasteiger partial charge is 0.315 e. The number of piperidine rings is 1. The number of carbonyl (C=O) groups is 1. The van der Waals surface area contributed by atoms with Crippen LogP contribution >= 0.6 is 0 Å². The van der Waals surface area contributed by atoms with Crippen molar-refractivity contribution < 1.29 is 9.53 Å². The predicted octanol–water partition coefficient (Wildman–Crippen LogP) is 3.95. The summed E-state index contributed by atoms with van der Waals surface area (Å²) in [6.07, 6.45) is 2.21. The maximum absolute atomic E-state index is 12.3. The van der Waals surface area contributed by atoms with E-state index < -0.39 is 0 Å². The van der Waals surface area contributed by atoms with Gasteiger partial charge in [-0.1, -0.05) is 26.0 Å². The minimum Gasteiger partial charge on any atom is -0.491 e. The van der Waals surface area contributed by atoms with Crippen molar-refractivity contribution in [2.75, 3.05) is 19.6 Å². The molecule has 5 nitrogen and oxygen atoms in total. The van der Waals surface area contributed by atoms with Crippen LogP contribution in [0.5, 0.6) is 5.75 Å². The van der Waals surface area contributed by atoms with Crippen LogP contribution in [0.4, 0.5) is 4.79 Å². The van der Waals surface area contributed by atoms with E-state index >= 15 is 0 Å². The molecule has 2 N–H and O–H groups in total. The molecule has 1 fully saturated rings. The first-order valence-corrected chi connectivity index (χ1v) is 9.89. The molecule has 1 aliphatic rings. The lowest BCUT2D eigenvalue weighted by Crippen LogP contribution is -2.48. The van der Waals surface area contributed by atoms with Gasteiger partial charge in [-0.05, 0) is 57.2 Å². The first-order valence-electron chi connectivity index (χ1n) is 9.89. The van der Waals surface area contributed by atoms with Gasteiger partial charge in [0, 0.05) is 25.7 Å². The number of likely N-dealkylation sites (tertiary alicyclic amines) is 1. The maximum Gasteiger partial charge on any atom is 0.315 e. The summed E-state index contributed by atoms with van der Waals surface area (Å²) in [5.74, 6) is 1.55. The Balaban J connectivity index is 1.75. The van der Waals surface area contributed by atoms with E-state index in [4.69, 9.17) is 4.74 Å². The average Bonchev–Trinajstić information content (AvgIpc) is 2.56. The molecule has 0 unspecified atom stereocenters. The van der Waals surface area contributed by atoms with Gasteiger partial charge in [0.2, 0.25) is 0 Å². The number of amides is 2. The Bertz CT molecular complexity index is 549. The number of rotatable bonds is 7. The number of hydrogen-bond acceptors (Lipinski definition) is 3. The van der Waals surface area contributed by atoms with Gasteiger partial charge in [0.05, 0.1) is 12.1 Å². The third-order valence-corrected chi connectivity index (χ3v) is 4.65. The number of urea groups is 1. The molecule has 5 heteroatoms. The summed E-state index contributed by atoms with van der Waals surface area (Å²) in [7, 11) is 0. The topological polar surface area (TPSA) is 53.6 Å². The van der Waals surface area contributed by atoms with E-state index in [1.54, 1.807) is 0 Å². The second kappa shape index (κ2) is 9.81. The molecule has 0 aliphatic carbocycles. The SMILES string of the molecule is CC(C)CN1CCC(NC(=O)N[C@@H](C)c2ccc(OC(C)C)cc2)CC1. The summed E-state index contributed by atoms with van der Waals surface area (Å²) in [6, 6.07) is 8.07. The van der Waals surface area contributed by atoms with E-state index in [1.807, 2.05) is 45.0 Å². The second-order valence-electron chi connectivity index (χ2n) is 8.04. The molecule has 0 spiro atoms. The molecular weight excluding hydrogens is 326 g/mol. The third kappa shape index (κ3) is 6.87. The summed E-state index contributed by atoms with van der Waals surface area (Å²) in [6.45, 7) is 13.8. The fourth-order valence-electron chi connectivity index (χ4n) is 3.39. The minimum atomic E-state index is -0.0812. The standard InChI is InChI=1S/C21H35N3O2/c1-15(2)14-24-12-10-19(11-13-24)23-21(25)22-17(5)18-6-8-20(9-7-18)26-16(3)4/h6-9,15-17,19H,10-14H2,1-5H3,(H2,22,23,25)/t17-/m0/s1. The second-order valence-corrected chi connectivity index (χ2v) is 8.04. The van der Waals surface area contributed by atoms with Gasteiger partial charge in [-0.15, -0.1) is 0 Å². The van der Waals surface area contributed by atoms with E-state index in [2.05, 4.69) is 29.4 Å². The van der Waals surface area contributed by atoms with Gasteiger partial charge >= 0.3 is 6.03 Å². The summed E-state index contributed by atoms with van der Waals surface area (Å²) in [4.78, 5) is 14.8. The Morgan fingerprint density at radius 1 is 1.12 bits per heavy atom. The fraction of sp³-hybridized carbons (Fsp3) is 0.667. The van der Waals surface area contributed by atoms with E-state index in [1.165, 1.54) is 0 Å². The zero-order valence-corrected chi connectivity index (χ0v) is 16.9. The molecule has 1 heterocycles. The highest BCUT2D eigenvalue weighted by Crippen LogP contribution is 2.19. The van der Waals surface area contributed by atoms with Gasteiger partial charge in [0.1, 0.15) is 5.75 Å². The monoisotopic (exact) mass is 361 g/mol. The molecule has 1 aromatic carbocycles. The van der Waals surface area contributed by atoms with Crippen molar-refractivity contribution in [3.8, 4) is 5.75 Å². The zero-order valence-electron chi connectivity index (χ0n) is 16.9. The van der Waals surface area contributed by atoms with Crippen LogP contribution < -0.4 is 15.4 Å². The summed E-state index contributed by atoms with van der Waals surface area (Å²) in [5.41, 5.74) is 1.07. The van der Waals surface area contributed by atoms with Gasteiger partial charge in [-0.3, -0.25) is 0 Å². The predicted molar refractivity (Wildman–Crippen MR) is 107 cm³/mol. The molecular formula is C21H35N3O2. The van der Waals surface area contributed by atoms with E-state index in [0.717, 1.165) is 43.8 Å². The van der Waals surface area contributed by atoms with Crippen LogP contribution in [0, 0.1) is 5.92 Å². The highest BCUT2D eigenvalue weighted by Gasteiger charge is 2.21. The molecule has 0 bridgehead atoms. The molecule has 26 heavy (non-hydrogen) atoms. The van der Waals surface area contributed by atoms with Crippen molar-refractivity contribution >= 4 is 6.03 Å². The van der Waals surface area contributed by atoms with Gasteiger partial charge in [-0.2, -0.15) is 0 Å². The van der Waals surface area contributed by atoms with E-state index in [0.29, 0.717) is 5.92 Å². The molecule has 146 valence electrons. The van der Waals surface area contributed by atoms with Crippen molar-refractivity contribution in [2.45, 2.75) is 65.6 Å². The lowest BCUT2D eigenvalue weighted by Gasteiger charge is -2.33. The zero-order chi connectivity index (χ0) is 19.1. The molecule has 1 atom stereocenters. The van der Waals surface area contributed by atoms with Gasteiger partial charge in [0.25, 0.3) is 0 Å². The Morgan fingerprint density at radius 2 is 1.73 bits per heavy atom. The van der Waals surface area contributed by atoms with Gasteiger partial charge < -0.3 is 20.3 Å². The number of nitrogens with zero attached hydrogens (tertiary/aromatic N) is 1. The van der Waals surface area contributed by atoms with Gasteiger partial charge in [0.15, 0.2) is 0 Å². The van der Waals surface area contributed by atoms with E-state index in [-0.39, 0.29) is 24.2 Å². The van der Waals surface area contributed by atoms with Crippen LogP contribution in [0.1, 0.15) is 59.1 Å². The number of carbonyl (C=O) groups excluding carboxylic acids is 1. The Labute approximate surface area is 158 Å². The Hall–Kier alpha value is -1.75. The summed E-state index contributed by atoms with van der Waals surface area (Å²) >= 11 is 0. The van der Waals surface area contributed by atoms with Gasteiger partial charge in [-0.25, -0.2) is 4.79 Å². The van der Waals surface area contributed by atoms with Crippen LogP contribution in [0.15, 0.2) is 24.3 Å². The molecule has 0 aromatic heterocycles. The van der Waals surface area contributed by atoms with Crippen LogP contribution in [0.3, 0.4) is 0 Å². The van der Waals surface area contributed by atoms with Crippen LogP contribution in [0.25, 0.3) is 0 Å². The fourth-order valence-corrected chi connectivity index (χ4v) is 3.39. The molecule has 0 radical (unpaired) electrons. The minimum absolute atomic E-state index is 0.0378. The van der Waals surface area contributed by atoms with Crippen molar-refractivity contribution in [2.24, 2.45) is 5.92 Å². The number of hydrogen-bond donors (Lipinski definition) is 2.